The molecule has 1 aromatic rings. The fourth-order valence-electron chi connectivity index (χ4n) is 1.14. The Hall–Kier alpha value is -1.56. The van der Waals surface area contributed by atoms with Gasteiger partial charge in [0.25, 0.3) is 0 Å². The van der Waals surface area contributed by atoms with Crippen LogP contribution in [0.3, 0.4) is 0 Å². The highest BCUT2D eigenvalue weighted by molar-refractivity contribution is 9.10. The van der Waals surface area contributed by atoms with Crippen LogP contribution in [0.25, 0.3) is 0 Å². The average molecular weight is 285 g/mol. The molecule has 86 valence electrons. The molecule has 1 aromatic carbocycles. The zero-order chi connectivity index (χ0) is 12.1. The van der Waals surface area contributed by atoms with Gasteiger partial charge in [0.1, 0.15) is 5.75 Å². The molecule has 0 aliphatic heterocycles. The molecule has 16 heavy (non-hydrogen) atoms. The number of nitrogens with two attached hydrogens (primary N) is 2. The van der Waals surface area contributed by atoms with E-state index < -0.39 is 0 Å². The summed E-state index contributed by atoms with van der Waals surface area (Å²) in [6.45, 7) is 2.02. The molecule has 0 bridgehead atoms. The third-order valence-corrected chi connectivity index (χ3v) is 2.54. The fourth-order valence-corrected chi connectivity index (χ4v) is 1.66. The molecule has 6 heteroatoms. The van der Waals surface area contributed by atoms with E-state index in [0.717, 1.165) is 12.0 Å². The van der Waals surface area contributed by atoms with Gasteiger partial charge in [-0.15, -0.1) is 5.10 Å². The molecule has 0 amide bonds. The van der Waals surface area contributed by atoms with Gasteiger partial charge in [-0.3, -0.25) is 0 Å². The van der Waals surface area contributed by atoms with Crippen LogP contribution >= 0.6 is 15.9 Å². The number of benzene rings is 1. The van der Waals surface area contributed by atoms with Crippen LogP contribution < -0.4 is 11.5 Å². The number of hydrogen-bond donors (Lipinski definition) is 3. The monoisotopic (exact) mass is 284 g/mol. The summed E-state index contributed by atoms with van der Waals surface area (Å²) >= 11 is 3.26. The van der Waals surface area contributed by atoms with Crippen LogP contribution in [0.1, 0.15) is 18.1 Å². The minimum atomic E-state index is -0.124. The van der Waals surface area contributed by atoms with Crippen molar-refractivity contribution in [2.24, 2.45) is 21.7 Å². The summed E-state index contributed by atoms with van der Waals surface area (Å²) in [7, 11) is 0. The number of aryl methyl sites for hydroxylation is 1. The van der Waals surface area contributed by atoms with Crippen molar-refractivity contribution < 1.29 is 5.11 Å². The highest BCUT2D eigenvalue weighted by Crippen LogP contribution is 2.28. The van der Waals surface area contributed by atoms with Crippen LogP contribution in [0.5, 0.6) is 5.75 Å². The van der Waals surface area contributed by atoms with Crippen LogP contribution in [-0.2, 0) is 6.42 Å². The Morgan fingerprint density at radius 3 is 2.75 bits per heavy atom. The van der Waals surface area contributed by atoms with Crippen molar-refractivity contribution in [2.45, 2.75) is 13.3 Å². The molecular formula is C10H13BrN4O. The van der Waals surface area contributed by atoms with Gasteiger partial charge in [0.05, 0.1) is 10.7 Å². The molecular weight excluding hydrogens is 272 g/mol. The molecule has 0 spiro atoms. The Bertz CT molecular complexity index is 439. The quantitative estimate of drug-likeness (QED) is 0.444. The van der Waals surface area contributed by atoms with E-state index >= 15 is 0 Å². The van der Waals surface area contributed by atoms with Gasteiger partial charge in [0.2, 0.25) is 5.96 Å². The van der Waals surface area contributed by atoms with Crippen LogP contribution in [0.4, 0.5) is 0 Å². The summed E-state index contributed by atoms with van der Waals surface area (Å²) in [6, 6.07) is 3.68. The van der Waals surface area contributed by atoms with Crippen LogP contribution in [0.2, 0.25) is 0 Å². The largest absolute Gasteiger partial charge is 0.506 e. The van der Waals surface area contributed by atoms with Crippen molar-refractivity contribution in [3.8, 4) is 5.75 Å². The van der Waals surface area contributed by atoms with Crippen molar-refractivity contribution >= 4 is 28.1 Å². The third-order valence-electron chi connectivity index (χ3n) is 1.93. The van der Waals surface area contributed by atoms with E-state index in [1.807, 2.05) is 19.1 Å². The van der Waals surface area contributed by atoms with E-state index in [2.05, 4.69) is 26.1 Å². The molecule has 0 heterocycles. The lowest BCUT2D eigenvalue weighted by Gasteiger charge is -2.04. The molecule has 0 aliphatic carbocycles. The second-order valence-electron chi connectivity index (χ2n) is 3.14. The smallest absolute Gasteiger partial charge is 0.211 e. The zero-order valence-corrected chi connectivity index (χ0v) is 10.4. The summed E-state index contributed by atoms with van der Waals surface area (Å²) in [5, 5.41) is 16.8. The van der Waals surface area contributed by atoms with Crippen molar-refractivity contribution in [3.05, 3.63) is 27.7 Å². The number of hydrogen-bond acceptors (Lipinski definition) is 3. The maximum absolute atomic E-state index is 9.73. The Labute approximate surface area is 102 Å². The van der Waals surface area contributed by atoms with Gasteiger partial charge in [0, 0.05) is 5.56 Å². The Balaban J connectivity index is 3.08. The topological polar surface area (TPSA) is 97.0 Å². The predicted octanol–water partition coefficient (Wildman–Crippen LogP) is 1.32. The lowest BCUT2D eigenvalue weighted by atomic mass is 10.1. The van der Waals surface area contributed by atoms with E-state index in [9.17, 15) is 5.11 Å². The van der Waals surface area contributed by atoms with E-state index in [1.54, 1.807) is 0 Å². The summed E-state index contributed by atoms with van der Waals surface area (Å²) in [5.74, 6) is -0.00630. The summed E-state index contributed by atoms with van der Waals surface area (Å²) < 4.78 is 0.623. The average Bonchev–Trinajstić information content (AvgIpc) is 2.23. The Kier molecular flexibility index (Phi) is 4.30. The van der Waals surface area contributed by atoms with Gasteiger partial charge in [-0.05, 0) is 40.0 Å². The summed E-state index contributed by atoms with van der Waals surface area (Å²) in [5.41, 5.74) is 11.9. The molecule has 0 saturated heterocycles. The standard InChI is InChI=1S/C10H13BrN4O/c1-2-6-3-7(5-14-15-10(12)13)9(16)8(11)4-6/h3-5,16H,2H2,1H3,(H4,12,13,15). The van der Waals surface area contributed by atoms with Gasteiger partial charge in [-0.2, -0.15) is 5.10 Å². The molecule has 0 aromatic heterocycles. The normalized spacial score (nSPS) is 10.6. The number of guanidine groups is 1. The number of phenolic OH excluding ortho intramolecular Hbond substituents is 1. The number of nitrogens with zero attached hydrogens (tertiary/aromatic N) is 2. The van der Waals surface area contributed by atoms with Crippen LogP contribution in [0, 0.1) is 0 Å². The molecule has 0 atom stereocenters. The predicted molar refractivity (Wildman–Crippen MR) is 68.6 cm³/mol. The van der Waals surface area contributed by atoms with Gasteiger partial charge >= 0.3 is 0 Å². The van der Waals surface area contributed by atoms with Gasteiger partial charge < -0.3 is 16.6 Å². The van der Waals surface area contributed by atoms with E-state index in [1.165, 1.54) is 6.21 Å². The van der Waals surface area contributed by atoms with Gasteiger partial charge in [-0.1, -0.05) is 6.92 Å². The second-order valence-corrected chi connectivity index (χ2v) is 3.99. The highest BCUT2D eigenvalue weighted by Gasteiger charge is 2.05. The Morgan fingerprint density at radius 2 is 2.19 bits per heavy atom. The first-order valence-corrected chi connectivity index (χ1v) is 5.47. The van der Waals surface area contributed by atoms with Crippen molar-refractivity contribution in [1.82, 2.24) is 0 Å². The second kappa shape index (κ2) is 5.50. The zero-order valence-electron chi connectivity index (χ0n) is 8.81. The minimum Gasteiger partial charge on any atom is -0.506 e. The number of halogens is 1. The summed E-state index contributed by atoms with van der Waals surface area (Å²) in [6.07, 6.45) is 2.26. The molecule has 0 radical (unpaired) electrons. The first-order valence-electron chi connectivity index (χ1n) is 4.68. The van der Waals surface area contributed by atoms with Crippen molar-refractivity contribution in [3.63, 3.8) is 0 Å². The van der Waals surface area contributed by atoms with Crippen molar-refractivity contribution in [2.75, 3.05) is 0 Å². The highest BCUT2D eigenvalue weighted by atomic mass is 79.9. The SMILES string of the molecule is CCc1cc(Br)c(O)c(C=NN=C(N)N)c1. The first kappa shape index (κ1) is 12.5. The number of rotatable bonds is 3. The van der Waals surface area contributed by atoms with Crippen molar-refractivity contribution in [1.29, 1.82) is 0 Å². The molecule has 5 N–H and O–H groups in total. The molecule has 0 aliphatic rings. The first-order chi connectivity index (χ1) is 7.54. The molecule has 5 nitrogen and oxygen atoms in total. The van der Waals surface area contributed by atoms with Crippen LogP contribution in [0.15, 0.2) is 26.8 Å². The van der Waals surface area contributed by atoms with Crippen LogP contribution in [-0.4, -0.2) is 17.3 Å². The number of aromatic hydroxyl groups is 1. The number of phenols is 1. The Morgan fingerprint density at radius 1 is 1.50 bits per heavy atom. The summed E-state index contributed by atoms with van der Waals surface area (Å²) in [4.78, 5) is 0. The lowest BCUT2D eigenvalue weighted by molar-refractivity contribution is 0.471. The maximum atomic E-state index is 9.73. The molecule has 1 rings (SSSR count). The maximum Gasteiger partial charge on any atom is 0.211 e. The minimum absolute atomic E-state index is 0.117. The fraction of sp³-hybridized carbons (Fsp3) is 0.200. The van der Waals surface area contributed by atoms with E-state index in [0.29, 0.717) is 10.0 Å². The van der Waals surface area contributed by atoms with E-state index in [4.69, 9.17) is 11.5 Å². The third kappa shape index (κ3) is 3.23. The molecule has 0 unspecified atom stereocenters. The van der Waals surface area contributed by atoms with Gasteiger partial charge in [-0.25, -0.2) is 0 Å². The molecule has 0 fully saturated rings. The molecule has 0 saturated carbocycles. The lowest BCUT2D eigenvalue weighted by Crippen LogP contribution is -2.21. The van der Waals surface area contributed by atoms with Gasteiger partial charge in [0.15, 0.2) is 0 Å². The van der Waals surface area contributed by atoms with E-state index in [-0.39, 0.29) is 11.7 Å².